The van der Waals surface area contributed by atoms with Gasteiger partial charge in [-0.05, 0) is 31.9 Å². The Labute approximate surface area is 158 Å². The first-order valence-electron chi connectivity index (χ1n) is 9.03. The summed E-state index contributed by atoms with van der Waals surface area (Å²) in [7, 11) is 0. The molecule has 8 heteroatoms. The van der Waals surface area contributed by atoms with Crippen molar-refractivity contribution in [3.05, 3.63) is 42.5 Å². The average molecular weight is 377 g/mol. The van der Waals surface area contributed by atoms with Gasteiger partial charge in [-0.2, -0.15) is 0 Å². The topological polar surface area (TPSA) is 109 Å². The van der Waals surface area contributed by atoms with Crippen LogP contribution in [0.4, 0.5) is 10.5 Å². The van der Waals surface area contributed by atoms with Crippen molar-refractivity contribution >= 4 is 17.7 Å². The highest BCUT2D eigenvalue weighted by atomic mass is 16.7. The van der Waals surface area contributed by atoms with Crippen molar-refractivity contribution in [2.24, 2.45) is 5.92 Å². The lowest BCUT2D eigenvalue weighted by atomic mass is 9.97. The van der Waals surface area contributed by atoms with Gasteiger partial charge in [-0.3, -0.25) is 10.2 Å². The monoisotopic (exact) mass is 377 g/mol. The highest BCUT2D eigenvalue weighted by molar-refractivity contribution is 5.88. The summed E-state index contributed by atoms with van der Waals surface area (Å²) < 4.78 is 11.4. The van der Waals surface area contributed by atoms with Crippen molar-refractivity contribution in [2.75, 3.05) is 18.5 Å². The molecular formula is C19H27N3O5. The van der Waals surface area contributed by atoms with Crippen LogP contribution >= 0.6 is 0 Å². The minimum absolute atomic E-state index is 0.119. The van der Waals surface area contributed by atoms with Crippen LogP contribution in [0, 0.1) is 5.92 Å². The van der Waals surface area contributed by atoms with Gasteiger partial charge in [-0.1, -0.05) is 30.4 Å². The number of para-hydroxylation sites is 1. The van der Waals surface area contributed by atoms with Crippen LogP contribution in [0.2, 0.25) is 0 Å². The second kappa shape index (κ2) is 11.3. The Balaban J connectivity index is 1.73. The number of carbonyl (C=O) groups excluding carboxylic acids is 1. The third-order valence-corrected chi connectivity index (χ3v) is 4.10. The van der Waals surface area contributed by atoms with E-state index in [0.29, 0.717) is 25.3 Å². The molecule has 0 bridgehead atoms. The summed E-state index contributed by atoms with van der Waals surface area (Å²) in [6.07, 6.45) is 4.73. The van der Waals surface area contributed by atoms with Gasteiger partial charge < -0.3 is 19.9 Å². The van der Waals surface area contributed by atoms with E-state index in [0.717, 1.165) is 6.42 Å². The number of amides is 2. The first-order valence-corrected chi connectivity index (χ1v) is 9.03. The molecule has 1 heterocycles. The molecule has 1 fully saturated rings. The molecule has 2 rings (SSSR count). The predicted octanol–water partition coefficient (Wildman–Crippen LogP) is 2.50. The number of anilines is 1. The van der Waals surface area contributed by atoms with Crippen LogP contribution in [-0.4, -0.2) is 42.7 Å². The van der Waals surface area contributed by atoms with Gasteiger partial charge in [0.15, 0.2) is 6.29 Å². The maximum Gasteiger partial charge on any atom is 0.333 e. The van der Waals surface area contributed by atoms with Gasteiger partial charge in [0.2, 0.25) is 0 Å². The fourth-order valence-electron chi connectivity index (χ4n) is 2.71. The molecule has 1 aromatic carbocycles. The van der Waals surface area contributed by atoms with Gasteiger partial charge in [-0.25, -0.2) is 10.2 Å². The van der Waals surface area contributed by atoms with Crippen molar-refractivity contribution in [3.63, 3.8) is 0 Å². The van der Waals surface area contributed by atoms with E-state index in [1.807, 2.05) is 37.3 Å². The molecular weight excluding hydrogens is 350 g/mol. The quantitative estimate of drug-likeness (QED) is 0.389. The Kier molecular flexibility index (Phi) is 8.76. The van der Waals surface area contributed by atoms with Gasteiger partial charge in [0.05, 0.1) is 12.7 Å². The summed E-state index contributed by atoms with van der Waals surface area (Å²) in [5.41, 5.74) is 6.20. The van der Waals surface area contributed by atoms with Crippen LogP contribution in [-0.2, 0) is 14.3 Å². The Hall–Kier alpha value is -2.42. The third kappa shape index (κ3) is 8.21. The second-order valence-electron chi connectivity index (χ2n) is 6.30. The molecule has 1 aliphatic rings. The Morgan fingerprint density at radius 2 is 2.04 bits per heavy atom. The number of hydrazine groups is 1. The lowest BCUT2D eigenvalue weighted by Crippen LogP contribution is -2.49. The van der Waals surface area contributed by atoms with E-state index >= 15 is 0 Å². The van der Waals surface area contributed by atoms with E-state index in [1.165, 1.54) is 0 Å². The molecule has 27 heavy (non-hydrogen) atoms. The van der Waals surface area contributed by atoms with E-state index in [1.54, 1.807) is 12.1 Å². The number of carbonyl (C=O) groups is 2. The molecule has 0 radical (unpaired) electrons. The van der Waals surface area contributed by atoms with Crippen LogP contribution in [0.5, 0.6) is 0 Å². The zero-order chi connectivity index (χ0) is 19.5. The summed E-state index contributed by atoms with van der Waals surface area (Å²) in [5, 5.41) is 11.4. The van der Waals surface area contributed by atoms with Crippen LogP contribution < -0.4 is 16.2 Å². The minimum Gasteiger partial charge on any atom is -0.481 e. The minimum atomic E-state index is -0.806. The molecule has 0 spiro atoms. The molecule has 148 valence electrons. The number of aliphatic carboxylic acids is 1. The van der Waals surface area contributed by atoms with E-state index in [2.05, 4.69) is 16.2 Å². The molecule has 3 atom stereocenters. The van der Waals surface area contributed by atoms with E-state index in [9.17, 15) is 9.59 Å². The average Bonchev–Trinajstić information content (AvgIpc) is 2.63. The molecule has 0 aliphatic carbocycles. The maximum atomic E-state index is 11.9. The first kappa shape index (κ1) is 20.9. The SMILES string of the molecule is CC1OCC(C/C=C\CCC(=O)O)C(CNNC(=O)Nc2ccccc2)O1. The number of ether oxygens (including phenoxy) is 2. The Bertz CT molecular complexity index is 623. The summed E-state index contributed by atoms with van der Waals surface area (Å²) in [4.78, 5) is 22.4. The Morgan fingerprint density at radius 3 is 2.78 bits per heavy atom. The van der Waals surface area contributed by atoms with Crippen LogP contribution in [0.15, 0.2) is 42.5 Å². The predicted molar refractivity (Wildman–Crippen MR) is 101 cm³/mol. The molecule has 1 saturated heterocycles. The van der Waals surface area contributed by atoms with Crippen molar-refractivity contribution in [1.82, 2.24) is 10.9 Å². The maximum absolute atomic E-state index is 11.9. The first-order chi connectivity index (χ1) is 13.0. The molecule has 1 aromatic rings. The number of hydrogen-bond acceptors (Lipinski definition) is 5. The number of nitrogens with one attached hydrogen (secondary N) is 3. The highest BCUT2D eigenvalue weighted by Crippen LogP contribution is 2.21. The number of benzene rings is 1. The molecule has 4 N–H and O–H groups in total. The Morgan fingerprint density at radius 1 is 1.26 bits per heavy atom. The fraction of sp³-hybridized carbons (Fsp3) is 0.474. The van der Waals surface area contributed by atoms with Crippen molar-refractivity contribution in [1.29, 1.82) is 0 Å². The molecule has 1 aliphatic heterocycles. The number of hydrogen-bond donors (Lipinski definition) is 4. The van der Waals surface area contributed by atoms with Crippen molar-refractivity contribution in [2.45, 2.75) is 38.6 Å². The fourth-order valence-corrected chi connectivity index (χ4v) is 2.71. The molecule has 0 saturated carbocycles. The lowest BCUT2D eigenvalue weighted by Gasteiger charge is -2.35. The van der Waals surface area contributed by atoms with Gasteiger partial charge in [0.25, 0.3) is 0 Å². The van der Waals surface area contributed by atoms with E-state index in [4.69, 9.17) is 14.6 Å². The second-order valence-corrected chi connectivity index (χ2v) is 6.30. The normalized spacial score (nSPS) is 22.5. The molecule has 3 unspecified atom stereocenters. The summed E-state index contributed by atoms with van der Waals surface area (Å²) in [5.74, 6) is -0.687. The summed E-state index contributed by atoms with van der Waals surface area (Å²) in [6, 6.07) is 8.81. The van der Waals surface area contributed by atoms with Gasteiger partial charge >= 0.3 is 12.0 Å². The van der Waals surface area contributed by atoms with E-state index < -0.39 is 5.97 Å². The number of allylic oxidation sites excluding steroid dienone is 2. The highest BCUT2D eigenvalue weighted by Gasteiger charge is 2.29. The number of rotatable bonds is 9. The largest absolute Gasteiger partial charge is 0.481 e. The number of carboxylic acids is 1. The third-order valence-electron chi connectivity index (χ3n) is 4.10. The van der Waals surface area contributed by atoms with E-state index in [-0.39, 0.29) is 30.8 Å². The van der Waals surface area contributed by atoms with Crippen molar-refractivity contribution < 1.29 is 24.2 Å². The zero-order valence-corrected chi connectivity index (χ0v) is 15.4. The molecule has 2 amide bonds. The molecule has 0 aromatic heterocycles. The standard InChI is InChI=1S/C19H27N3O5/c1-14-26-13-15(8-4-2-7-11-18(23)24)17(27-14)12-20-22-19(25)21-16-9-5-3-6-10-16/h2-6,9-10,14-15,17,20H,7-8,11-13H2,1H3,(H,23,24)(H2,21,22,25)/b4-2-. The van der Waals surface area contributed by atoms with Crippen LogP contribution in [0.3, 0.4) is 0 Å². The summed E-state index contributed by atoms with van der Waals surface area (Å²) in [6.45, 7) is 2.82. The van der Waals surface area contributed by atoms with Crippen LogP contribution in [0.25, 0.3) is 0 Å². The number of urea groups is 1. The lowest BCUT2D eigenvalue weighted by molar-refractivity contribution is -0.225. The van der Waals surface area contributed by atoms with Crippen LogP contribution in [0.1, 0.15) is 26.2 Å². The summed E-state index contributed by atoms with van der Waals surface area (Å²) >= 11 is 0. The zero-order valence-electron chi connectivity index (χ0n) is 15.4. The van der Waals surface area contributed by atoms with Gasteiger partial charge in [0, 0.05) is 24.6 Å². The van der Waals surface area contributed by atoms with Crippen molar-refractivity contribution in [3.8, 4) is 0 Å². The van der Waals surface area contributed by atoms with Gasteiger partial charge in [-0.15, -0.1) is 0 Å². The number of carboxylic acid groups (broad SMARTS) is 1. The smallest absolute Gasteiger partial charge is 0.333 e. The van der Waals surface area contributed by atoms with Gasteiger partial charge in [0.1, 0.15) is 0 Å². The molecule has 8 nitrogen and oxygen atoms in total.